The largest absolute Gasteiger partial charge is 0.379 e. The third-order valence-electron chi connectivity index (χ3n) is 3.89. The van der Waals surface area contributed by atoms with Crippen LogP contribution in [0.25, 0.3) is 0 Å². The van der Waals surface area contributed by atoms with Gasteiger partial charge in [-0.3, -0.25) is 9.69 Å². The molecule has 2 heterocycles. The van der Waals surface area contributed by atoms with Crippen LogP contribution < -0.4 is 0 Å². The number of hydrogen-bond donors (Lipinski definition) is 0. The van der Waals surface area contributed by atoms with Gasteiger partial charge in [-0.05, 0) is 18.6 Å². The number of morpholine rings is 1. The monoisotopic (exact) mass is 298 g/mol. The molecule has 2 saturated heterocycles. The molecule has 1 atom stereocenters. The molecular weight excluding hydrogens is 272 g/mol. The summed E-state index contributed by atoms with van der Waals surface area (Å²) in [6.45, 7) is 9.26. The summed E-state index contributed by atoms with van der Waals surface area (Å²) in [4.78, 5) is 16.9. The van der Waals surface area contributed by atoms with Crippen molar-refractivity contribution in [2.24, 2.45) is 0 Å². The molecule has 0 aromatic heterocycles. The summed E-state index contributed by atoms with van der Waals surface area (Å²) in [7, 11) is 0. The highest BCUT2D eigenvalue weighted by atomic mass is 32.2. The molecule has 0 unspecified atom stereocenters. The second-order valence-corrected chi connectivity index (χ2v) is 6.56. The topological polar surface area (TPSA) is 32.8 Å². The van der Waals surface area contributed by atoms with Gasteiger partial charge in [-0.25, -0.2) is 0 Å². The highest BCUT2D eigenvalue weighted by molar-refractivity contribution is 7.99. The Hall–Kier alpha value is -0.520. The van der Waals surface area contributed by atoms with Crippen LogP contribution >= 0.6 is 11.8 Å². The lowest BCUT2D eigenvalue weighted by Gasteiger charge is -2.35. The highest BCUT2D eigenvalue weighted by Crippen LogP contribution is 2.19. The van der Waals surface area contributed by atoms with Gasteiger partial charge in [-0.15, -0.1) is 6.58 Å². The summed E-state index contributed by atoms with van der Waals surface area (Å²) in [5, 5.41) is 0. The van der Waals surface area contributed by atoms with Gasteiger partial charge in [0.1, 0.15) is 0 Å². The van der Waals surface area contributed by atoms with Crippen LogP contribution in [-0.4, -0.2) is 72.6 Å². The minimum Gasteiger partial charge on any atom is -0.379 e. The Morgan fingerprint density at radius 3 is 2.90 bits per heavy atom. The first kappa shape index (κ1) is 15.9. The molecule has 0 saturated carbocycles. The summed E-state index contributed by atoms with van der Waals surface area (Å²) in [6.07, 6.45) is 4.34. The summed E-state index contributed by atoms with van der Waals surface area (Å²) in [5.74, 6) is 2.54. The fourth-order valence-corrected chi connectivity index (χ4v) is 3.82. The van der Waals surface area contributed by atoms with Crippen LogP contribution in [0.4, 0.5) is 0 Å². The van der Waals surface area contributed by atoms with Crippen molar-refractivity contribution in [3.8, 4) is 0 Å². The summed E-state index contributed by atoms with van der Waals surface area (Å²) < 4.78 is 5.40. The summed E-state index contributed by atoms with van der Waals surface area (Å²) in [6, 6.07) is 0.359. The van der Waals surface area contributed by atoms with E-state index < -0.39 is 0 Å². The number of hydrogen-bond acceptors (Lipinski definition) is 4. The van der Waals surface area contributed by atoms with E-state index in [-0.39, 0.29) is 0 Å². The predicted molar refractivity (Wildman–Crippen MR) is 84.1 cm³/mol. The van der Waals surface area contributed by atoms with Crippen molar-refractivity contribution in [3.05, 3.63) is 12.7 Å². The average molecular weight is 298 g/mol. The number of rotatable bonds is 5. The summed E-state index contributed by atoms with van der Waals surface area (Å²) >= 11 is 1.99. The van der Waals surface area contributed by atoms with Crippen LogP contribution in [-0.2, 0) is 9.53 Å². The van der Waals surface area contributed by atoms with E-state index in [0.717, 1.165) is 58.0 Å². The van der Waals surface area contributed by atoms with Crippen molar-refractivity contribution in [2.45, 2.75) is 25.3 Å². The van der Waals surface area contributed by atoms with Crippen molar-refractivity contribution < 1.29 is 9.53 Å². The predicted octanol–water partition coefficient (Wildman–Crippen LogP) is 1.62. The van der Waals surface area contributed by atoms with E-state index in [9.17, 15) is 4.79 Å². The van der Waals surface area contributed by atoms with Gasteiger partial charge in [-0.1, -0.05) is 6.08 Å². The standard InChI is InChI=1S/C15H26N2O2S/c1-2-3-5-15(18)17-6-4-11-20-13-14(17)12-16-7-9-19-10-8-16/h2,14H,1,3-13H2/t14-/m0/s1. The van der Waals surface area contributed by atoms with Gasteiger partial charge in [0.15, 0.2) is 0 Å². The highest BCUT2D eigenvalue weighted by Gasteiger charge is 2.27. The normalized spacial score (nSPS) is 25.2. The molecule has 2 aliphatic rings. The number of nitrogens with zero attached hydrogens (tertiary/aromatic N) is 2. The van der Waals surface area contributed by atoms with Gasteiger partial charge >= 0.3 is 0 Å². The minimum absolute atomic E-state index is 0.297. The molecule has 0 bridgehead atoms. The van der Waals surface area contributed by atoms with E-state index in [2.05, 4.69) is 16.4 Å². The van der Waals surface area contributed by atoms with E-state index >= 15 is 0 Å². The molecule has 0 aromatic rings. The molecule has 0 N–H and O–H groups in total. The first-order chi connectivity index (χ1) is 9.81. The molecule has 20 heavy (non-hydrogen) atoms. The zero-order valence-corrected chi connectivity index (χ0v) is 13.1. The SMILES string of the molecule is C=CCCC(=O)N1CCCSC[C@@H]1CN1CCOCC1. The smallest absolute Gasteiger partial charge is 0.223 e. The Morgan fingerprint density at radius 2 is 2.15 bits per heavy atom. The van der Waals surface area contributed by atoms with Gasteiger partial charge in [0, 0.05) is 38.4 Å². The van der Waals surface area contributed by atoms with E-state index in [1.54, 1.807) is 0 Å². The molecular formula is C15H26N2O2S. The van der Waals surface area contributed by atoms with Crippen molar-refractivity contribution in [1.29, 1.82) is 0 Å². The number of carbonyl (C=O) groups excluding carboxylic acids is 1. The molecule has 2 rings (SSSR count). The summed E-state index contributed by atoms with van der Waals surface area (Å²) in [5.41, 5.74) is 0. The van der Waals surface area contributed by atoms with E-state index in [1.165, 1.54) is 5.75 Å². The molecule has 0 aliphatic carbocycles. The maximum atomic E-state index is 12.4. The molecule has 4 nitrogen and oxygen atoms in total. The van der Waals surface area contributed by atoms with Crippen LogP contribution in [0.15, 0.2) is 12.7 Å². The van der Waals surface area contributed by atoms with Gasteiger partial charge in [-0.2, -0.15) is 11.8 Å². The average Bonchev–Trinajstić information content (AvgIpc) is 2.71. The van der Waals surface area contributed by atoms with Crippen LogP contribution in [0.3, 0.4) is 0 Å². The molecule has 0 aromatic carbocycles. The molecule has 2 aliphatic heterocycles. The Labute approximate surface area is 126 Å². The van der Waals surface area contributed by atoms with Crippen molar-refractivity contribution in [2.75, 3.05) is 50.9 Å². The third kappa shape index (κ3) is 4.79. The second kappa shape index (κ2) is 8.70. The Bertz CT molecular complexity index is 319. The Balaban J connectivity index is 1.92. The Kier molecular flexibility index (Phi) is 6.90. The number of carbonyl (C=O) groups is 1. The lowest BCUT2D eigenvalue weighted by molar-refractivity contribution is -0.133. The first-order valence-corrected chi connectivity index (χ1v) is 8.75. The van der Waals surface area contributed by atoms with Gasteiger partial charge in [0.25, 0.3) is 0 Å². The number of thioether (sulfide) groups is 1. The second-order valence-electron chi connectivity index (χ2n) is 5.41. The van der Waals surface area contributed by atoms with Gasteiger partial charge in [0.2, 0.25) is 5.91 Å². The van der Waals surface area contributed by atoms with Crippen LogP contribution in [0.5, 0.6) is 0 Å². The maximum absolute atomic E-state index is 12.4. The van der Waals surface area contributed by atoms with E-state index in [4.69, 9.17) is 4.74 Å². The molecule has 0 spiro atoms. The zero-order valence-electron chi connectivity index (χ0n) is 12.3. The zero-order chi connectivity index (χ0) is 14.2. The van der Waals surface area contributed by atoms with Gasteiger partial charge < -0.3 is 9.64 Å². The number of ether oxygens (including phenoxy) is 1. The first-order valence-electron chi connectivity index (χ1n) is 7.59. The van der Waals surface area contributed by atoms with E-state index in [0.29, 0.717) is 18.4 Å². The number of allylic oxidation sites excluding steroid dienone is 1. The quantitative estimate of drug-likeness (QED) is 0.722. The van der Waals surface area contributed by atoms with Crippen LogP contribution in [0.1, 0.15) is 19.3 Å². The third-order valence-corrected chi connectivity index (χ3v) is 5.09. The molecule has 0 radical (unpaired) electrons. The Morgan fingerprint density at radius 1 is 1.35 bits per heavy atom. The van der Waals surface area contributed by atoms with Crippen LogP contribution in [0, 0.1) is 0 Å². The number of amides is 1. The minimum atomic E-state index is 0.297. The van der Waals surface area contributed by atoms with Crippen molar-refractivity contribution in [3.63, 3.8) is 0 Å². The van der Waals surface area contributed by atoms with Crippen molar-refractivity contribution >= 4 is 17.7 Å². The molecule has 5 heteroatoms. The fraction of sp³-hybridized carbons (Fsp3) is 0.800. The van der Waals surface area contributed by atoms with Gasteiger partial charge in [0.05, 0.1) is 19.3 Å². The lowest BCUT2D eigenvalue weighted by atomic mass is 10.2. The molecule has 2 fully saturated rings. The lowest BCUT2D eigenvalue weighted by Crippen LogP contribution is -2.50. The molecule has 114 valence electrons. The maximum Gasteiger partial charge on any atom is 0.223 e. The fourth-order valence-electron chi connectivity index (χ4n) is 2.76. The van der Waals surface area contributed by atoms with Crippen LogP contribution in [0.2, 0.25) is 0 Å². The van der Waals surface area contributed by atoms with Crippen molar-refractivity contribution in [1.82, 2.24) is 9.80 Å². The van der Waals surface area contributed by atoms with E-state index in [1.807, 2.05) is 17.8 Å². The molecule has 1 amide bonds.